The van der Waals surface area contributed by atoms with E-state index in [4.69, 9.17) is 14.2 Å². The zero-order valence-corrected chi connectivity index (χ0v) is 26.2. The first-order chi connectivity index (χ1) is 20.2. The zero-order valence-electron chi connectivity index (χ0n) is 24.5. The van der Waals surface area contributed by atoms with Gasteiger partial charge in [0.15, 0.2) is 6.10 Å². The summed E-state index contributed by atoms with van der Waals surface area (Å²) in [6, 6.07) is -0.0162. The van der Waals surface area contributed by atoms with Crippen molar-refractivity contribution in [2.45, 2.75) is 51.5 Å². The number of thioether (sulfide) groups is 1. The molecule has 0 radical (unpaired) electrons. The third kappa shape index (κ3) is 18.0. The number of nitrogens with one attached hydrogen (secondary N) is 2. The Balaban J connectivity index is 2.15. The van der Waals surface area contributed by atoms with E-state index < -0.39 is 56.8 Å². The third-order valence-corrected chi connectivity index (χ3v) is 7.19. The van der Waals surface area contributed by atoms with Crippen LogP contribution in [0, 0.1) is 0 Å². The van der Waals surface area contributed by atoms with E-state index in [0.29, 0.717) is 0 Å². The molecule has 0 aliphatic carbocycles. The van der Waals surface area contributed by atoms with Gasteiger partial charge in [-0.25, -0.2) is 0 Å². The fourth-order valence-corrected chi connectivity index (χ4v) is 4.97. The zero-order chi connectivity index (χ0) is 32.4. The minimum absolute atomic E-state index is 0.0162. The van der Waals surface area contributed by atoms with E-state index in [2.05, 4.69) is 24.4 Å². The highest BCUT2D eigenvalue weighted by Crippen LogP contribution is 2.38. The molecule has 1 aliphatic rings. The van der Waals surface area contributed by atoms with E-state index >= 15 is 0 Å². The van der Waals surface area contributed by atoms with Gasteiger partial charge >= 0.3 is 11.9 Å². The van der Waals surface area contributed by atoms with Crippen molar-refractivity contribution in [2.75, 3.05) is 65.1 Å². The van der Waals surface area contributed by atoms with Crippen molar-refractivity contribution in [3.05, 3.63) is 0 Å². The largest absolute Gasteiger partial charge is 0.756 e. The molecule has 2 N–H and O–H groups in total. The second kappa shape index (κ2) is 20.4. The predicted octanol–water partition coefficient (Wildman–Crippen LogP) is -1.48. The lowest BCUT2D eigenvalue weighted by Crippen LogP contribution is -2.35. The molecule has 0 aromatic heterocycles. The molecule has 1 rings (SSSR count). The van der Waals surface area contributed by atoms with E-state index in [1.54, 1.807) is 0 Å². The maximum absolute atomic E-state index is 12.4. The predicted molar refractivity (Wildman–Crippen MR) is 147 cm³/mol. The van der Waals surface area contributed by atoms with Crippen LogP contribution in [0.1, 0.15) is 34.1 Å². The molecule has 19 heteroatoms. The Morgan fingerprint density at radius 1 is 1.00 bits per heavy atom. The lowest BCUT2D eigenvalue weighted by atomic mass is 10.4. The van der Waals surface area contributed by atoms with Crippen molar-refractivity contribution in [3.8, 4) is 0 Å². The van der Waals surface area contributed by atoms with Gasteiger partial charge in [0.05, 0.1) is 50.6 Å². The molecule has 2 unspecified atom stereocenters. The number of carbonyl (C=O) groups is 6. The van der Waals surface area contributed by atoms with Crippen molar-refractivity contribution < 1.29 is 66.2 Å². The van der Waals surface area contributed by atoms with Crippen molar-refractivity contribution in [2.24, 2.45) is 0 Å². The highest BCUT2D eigenvalue weighted by molar-refractivity contribution is 8.01. The summed E-state index contributed by atoms with van der Waals surface area (Å²) in [6.45, 7) is 4.08. The van der Waals surface area contributed by atoms with Gasteiger partial charge in [-0.05, 0) is 13.8 Å². The summed E-state index contributed by atoms with van der Waals surface area (Å²) in [7, 11) is -4.81. The first kappa shape index (κ1) is 38.4. The molecule has 43 heavy (non-hydrogen) atoms. The molecule has 0 bridgehead atoms. The van der Waals surface area contributed by atoms with Gasteiger partial charge in [0, 0.05) is 32.9 Å². The molecule has 3 atom stereocenters. The van der Waals surface area contributed by atoms with E-state index in [0.717, 1.165) is 30.5 Å². The second-order valence-corrected chi connectivity index (χ2v) is 11.8. The van der Waals surface area contributed by atoms with Gasteiger partial charge in [0.25, 0.3) is 7.82 Å². The molecule has 0 aromatic carbocycles. The van der Waals surface area contributed by atoms with Crippen LogP contribution in [-0.2, 0) is 61.3 Å². The van der Waals surface area contributed by atoms with Crippen LogP contribution in [0.3, 0.4) is 0 Å². The number of rotatable bonds is 22. The number of carbonyl (C=O) groups excluding carboxylic acids is 6. The Labute approximate surface area is 253 Å². The molecule has 4 amide bonds. The van der Waals surface area contributed by atoms with E-state index in [-0.39, 0.29) is 75.5 Å². The summed E-state index contributed by atoms with van der Waals surface area (Å²) in [5, 5.41) is 4.49. The lowest BCUT2D eigenvalue weighted by Gasteiger charge is -2.25. The number of esters is 2. The molecule has 0 saturated carbocycles. The summed E-state index contributed by atoms with van der Waals surface area (Å²) in [4.78, 5) is 83.1. The summed E-state index contributed by atoms with van der Waals surface area (Å²) in [5.74, 6) is -2.77. The molecule has 0 spiro atoms. The third-order valence-electron chi connectivity index (χ3n) is 5.03. The van der Waals surface area contributed by atoms with Crippen LogP contribution in [0.2, 0.25) is 0 Å². The van der Waals surface area contributed by atoms with Crippen molar-refractivity contribution in [3.63, 3.8) is 0 Å². The van der Waals surface area contributed by atoms with E-state index in [1.807, 2.05) is 13.8 Å². The number of ether oxygens (including phenoxy) is 4. The van der Waals surface area contributed by atoms with Gasteiger partial charge in [-0.1, -0.05) is 0 Å². The topological polar surface area (TPSA) is 225 Å². The van der Waals surface area contributed by atoms with Crippen molar-refractivity contribution in [1.29, 1.82) is 0 Å². The fourth-order valence-electron chi connectivity index (χ4n) is 3.27. The number of likely N-dealkylation sites (tertiary alicyclic amines) is 1. The first-order valence-corrected chi connectivity index (χ1v) is 15.8. The summed E-state index contributed by atoms with van der Waals surface area (Å²) >= 11 is 1.12. The van der Waals surface area contributed by atoms with Crippen LogP contribution in [0.4, 0.5) is 0 Å². The Morgan fingerprint density at radius 2 is 1.70 bits per heavy atom. The van der Waals surface area contributed by atoms with Gasteiger partial charge < -0.3 is 43.5 Å². The van der Waals surface area contributed by atoms with Crippen molar-refractivity contribution in [1.82, 2.24) is 15.5 Å². The standard InChI is InChI=1S/C24H40N3O14PS/c1-16(2)26-22(31)15-43-20-11-23(32)27(24(20)33)6-8-36-9-10-37-14-21(30)25-5-7-39-42(34,35)40-13-19(41-18(4)29)12-38-17(3)28/h16,19-20H,5-15H2,1-4H3,(H,25,30)(H,26,31)(H,34,35)/p-1/t19-,20?/m1/s1. The summed E-state index contributed by atoms with van der Waals surface area (Å²) < 4.78 is 41.1. The number of imide groups is 1. The molecule has 1 heterocycles. The van der Waals surface area contributed by atoms with Gasteiger partial charge in [-0.2, -0.15) is 0 Å². The highest BCUT2D eigenvalue weighted by atomic mass is 32.2. The molecule has 246 valence electrons. The van der Waals surface area contributed by atoms with Gasteiger partial charge in [0.1, 0.15) is 13.2 Å². The van der Waals surface area contributed by atoms with Crippen LogP contribution in [0.15, 0.2) is 0 Å². The maximum Gasteiger partial charge on any atom is 0.303 e. The monoisotopic (exact) mass is 656 g/mol. The average molecular weight is 657 g/mol. The molecular weight excluding hydrogens is 617 g/mol. The van der Waals surface area contributed by atoms with Crippen LogP contribution in [0.25, 0.3) is 0 Å². The number of nitrogens with zero attached hydrogens (tertiary/aromatic N) is 1. The smallest absolute Gasteiger partial charge is 0.303 e. The molecular formula is C24H39N3O14PS-. The van der Waals surface area contributed by atoms with Crippen LogP contribution >= 0.6 is 19.6 Å². The van der Waals surface area contributed by atoms with Gasteiger partial charge in [0.2, 0.25) is 23.6 Å². The van der Waals surface area contributed by atoms with Gasteiger partial charge in [-0.15, -0.1) is 11.8 Å². The molecule has 17 nitrogen and oxygen atoms in total. The lowest BCUT2D eigenvalue weighted by molar-refractivity contribution is -0.228. The quantitative estimate of drug-likeness (QED) is 0.0586. The number of phosphoric ester groups is 1. The number of amides is 4. The summed E-state index contributed by atoms with van der Waals surface area (Å²) in [6.07, 6.45) is -1.14. The number of phosphoric acid groups is 1. The molecule has 1 fully saturated rings. The number of hydrogen-bond acceptors (Lipinski definition) is 15. The minimum atomic E-state index is -4.81. The van der Waals surface area contributed by atoms with Crippen LogP contribution in [0.5, 0.6) is 0 Å². The Hall–Kier alpha value is -2.60. The Morgan fingerprint density at radius 3 is 2.35 bits per heavy atom. The Bertz CT molecular complexity index is 1010. The maximum atomic E-state index is 12.4. The first-order valence-electron chi connectivity index (χ1n) is 13.3. The van der Waals surface area contributed by atoms with Gasteiger partial charge in [-0.3, -0.25) is 38.2 Å². The molecule has 0 aromatic rings. The number of hydrogen-bond donors (Lipinski definition) is 2. The van der Waals surface area contributed by atoms with E-state index in [9.17, 15) is 38.2 Å². The fraction of sp³-hybridized carbons (Fsp3) is 0.750. The molecule has 1 aliphatic heterocycles. The average Bonchev–Trinajstić information content (AvgIpc) is 3.17. The van der Waals surface area contributed by atoms with E-state index in [1.165, 1.54) is 0 Å². The second-order valence-electron chi connectivity index (χ2n) is 9.23. The summed E-state index contributed by atoms with van der Waals surface area (Å²) in [5.41, 5.74) is 0. The SMILES string of the molecule is CC(=O)OC[C@H](COP(=O)([O-])OCCNC(=O)COCCOCCN1C(=O)CC(SCC(=O)NC(C)C)C1=O)OC(C)=O. The van der Waals surface area contributed by atoms with Crippen LogP contribution < -0.4 is 15.5 Å². The van der Waals surface area contributed by atoms with Crippen molar-refractivity contribution >= 4 is 55.2 Å². The molecule has 1 saturated heterocycles. The van der Waals surface area contributed by atoms with Crippen LogP contribution in [-0.4, -0.2) is 123 Å². The highest BCUT2D eigenvalue weighted by Gasteiger charge is 2.38. The normalized spacial score (nSPS) is 17.0. The Kier molecular flexibility index (Phi) is 18.2. The minimum Gasteiger partial charge on any atom is -0.756 e.